The second-order valence-electron chi connectivity index (χ2n) is 8.05. The molecule has 0 unspecified atom stereocenters. The number of hydrogen-bond acceptors (Lipinski definition) is 4. The van der Waals surface area contributed by atoms with Crippen LogP contribution in [0.25, 0.3) is 12.2 Å². The zero-order valence-electron chi connectivity index (χ0n) is 16.9. The lowest BCUT2D eigenvalue weighted by Crippen LogP contribution is -2.30. The van der Waals surface area contributed by atoms with Crippen LogP contribution < -0.4 is 10.2 Å². The zero-order valence-corrected chi connectivity index (χ0v) is 16.9. The largest absolute Gasteiger partial charge is 0.444 e. The number of hydrogen-bond donors (Lipinski definition) is 1. The normalized spacial score (nSPS) is 14.9. The van der Waals surface area contributed by atoms with E-state index in [1.807, 2.05) is 69.3 Å². The van der Waals surface area contributed by atoms with Crippen LogP contribution in [0, 0.1) is 0 Å². The Balaban J connectivity index is 1.85. The number of piperidine rings is 1. The summed E-state index contributed by atoms with van der Waals surface area (Å²) in [5, 5.41) is 2.78. The minimum Gasteiger partial charge on any atom is -0.444 e. The zero-order chi connectivity index (χ0) is 20.0. The molecule has 0 atom stereocenters. The summed E-state index contributed by atoms with van der Waals surface area (Å²) >= 11 is 0. The highest BCUT2D eigenvalue weighted by Gasteiger charge is 2.18. The van der Waals surface area contributed by atoms with Gasteiger partial charge in [0.25, 0.3) is 0 Å². The first-order valence-corrected chi connectivity index (χ1v) is 9.89. The number of benzene rings is 1. The van der Waals surface area contributed by atoms with Crippen molar-refractivity contribution in [1.82, 2.24) is 4.98 Å². The lowest BCUT2D eigenvalue weighted by molar-refractivity contribution is 0.0635. The maximum absolute atomic E-state index is 12.2. The van der Waals surface area contributed by atoms with Crippen molar-refractivity contribution in [2.24, 2.45) is 0 Å². The van der Waals surface area contributed by atoms with Gasteiger partial charge >= 0.3 is 6.09 Å². The van der Waals surface area contributed by atoms with Crippen LogP contribution in [0.4, 0.5) is 16.3 Å². The minimum atomic E-state index is -0.551. The Morgan fingerprint density at radius 2 is 1.79 bits per heavy atom. The molecule has 1 aromatic carbocycles. The molecular formula is C23H29N3O2. The van der Waals surface area contributed by atoms with E-state index in [0.717, 1.165) is 30.0 Å². The molecule has 0 spiro atoms. The van der Waals surface area contributed by atoms with Crippen LogP contribution in [0.2, 0.25) is 0 Å². The molecule has 148 valence electrons. The Kier molecular flexibility index (Phi) is 6.34. The van der Waals surface area contributed by atoms with Crippen LogP contribution in [0.5, 0.6) is 0 Å². The first kappa shape index (κ1) is 19.9. The van der Waals surface area contributed by atoms with Crippen molar-refractivity contribution in [3.05, 3.63) is 53.7 Å². The molecule has 5 heteroatoms. The molecular weight excluding hydrogens is 350 g/mol. The minimum absolute atomic E-state index is 0.492. The number of aromatic nitrogens is 1. The standard InChI is InChI=1S/C23H29N3O2/c1-23(2,3)28-22(27)25-21-17-20(26-14-8-5-9-15-26)16-19(24-21)13-12-18-10-6-4-7-11-18/h4,6-7,10-13,16-17H,5,8-9,14-15H2,1-3H3,(H,24,25,27)/b13-12+. The number of carbonyl (C=O) groups is 1. The van der Waals surface area contributed by atoms with Crippen molar-refractivity contribution in [2.45, 2.75) is 45.6 Å². The topological polar surface area (TPSA) is 54.5 Å². The molecule has 28 heavy (non-hydrogen) atoms. The Bertz CT molecular complexity index is 819. The number of nitrogens with one attached hydrogen (secondary N) is 1. The third kappa shape index (κ3) is 6.12. The predicted molar refractivity (Wildman–Crippen MR) is 116 cm³/mol. The van der Waals surface area contributed by atoms with Crippen LogP contribution >= 0.6 is 0 Å². The molecule has 3 rings (SSSR count). The molecule has 0 bridgehead atoms. The van der Waals surface area contributed by atoms with Crippen LogP contribution in [-0.4, -0.2) is 29.8 Å². The maximum atomic E-state index is 12.2. The summed E-state index contributed by atoms with van der Waals surface area (Å²) in [6.07, 6.45) is 7.15. The first-order valence-electron chi connectivity index (χ1n) is 9.89. The number of pyridine rings is 1. The molecule has 0 aliphatic carbocycles. The van der Waals surface area contributed by atoms with Crippen molar-refractivity contribution in [3.8, 4) is 0 Å². The quantitative estimate of drug-likeness (QED) is 0.752. The molecule has 1 aliphatic rings. The van der Waals surface area contributed by atoms with E-state index in [9.17, 15) is 4.79 Å². The maximum Gasteiger partial charge on any atom is 0.413 e. The summed E-state index contributed by atoms with van der Waals surface area (Å²) < 4.78 is 5.37. The van der Waals surface area contributed by atoms with Gasteiger partial charge in [-0.15, -0.1) is 0 Å². The third-order valence-electron chi connectivity index (χ3n) is 4.43. The summed E-state index contributed by atoms with van der Waals surface area (Å²) in [5.74, 6) is 0.505. The van der Waals surface area contributed by atoms with E-state index in [0.29, 0.717) is 5.82 Å². The van der Waals surface area contributed by atoms with Gasteiger partial charge in [-0.1, -0.05) is 36.4 Å². The van der Waals surface area contributed by atoms with Crippen molar-refractivity contribution in [2.75, 3.05) is 23.3 Å². The fourth-order valence-electron chi connectivity index (χ4n) is 3.17. The SMILES string of the molecule is CC(C)(C)OC(=O)Nc1cc(N2CCCCC2)cc(/C=C/c2ccccc2)n1. The predicted octanol–water partition coefficient (Wildman–Crippen LogP) is 5.59. The average Bonchev–Trinajstić information content (AvgIpc) is 2.66. The molecule has 5 nitrogen and oxygen atoms in total. The van der Waals surface area contributed by atoms with E-state index in [1.54, 1.807) is 0 Å². The van der Waals surface area contributed by atoms with Gasteiger partial charge in [0.2, 0.25) is 0 Å². The number of anilines is 2. The molecule has 1 saturated heterocycles. The molecule has 2 heterocycles. The van der Waals surface area contributed by atoms with Gasteiger partial charge in [-0.3, -0.25) is 5.32 Å². The summed E-state index contributed by atoms with van der Waals surface area (Å²) in [4.78, 5) is 19.1. The van der Waals surface area contributed by atoms with Crippen LogP contribution in [0.1, 0.15) is 51.3 Å². The Labute approximate surface area is 167 Å². The van der Waals surface area contributed by atoms with Crippen LogP contribution in [-0.2, 0) is 4.74 Å². The van der Waals surface area contributed by atoms with E-state index in [2.05, 4.69) is 21.3 Å². The second-order valence-corrected chi connectivity index (χ2v) is 8.05. The number of ether oxygens (including phenoxy) is 1. The number of amides is 1. The van der Waals surface area contributed by atoms with Gasteiger partial charge in [0.15, 0.2) is 0 Å². The Morgan fingerprint density at radius 1 is 1.07 bits per heavy atom. The molecule has 0 radical (unpaired) electrons. The molecule has 1 fully saturated rings. The fraction of sp³-hybridized carbons (Fsp3) is 0.391. The highest BCUT2D eigenvalue weighted by molar-refractivity contribution is 5.85. The summed E-state index contributed by atoms with van der Waals surface area (Å²) in [6.45, 7) is 7.59. The second kappa shape index (κ2) is 8.91. The Morgan fingerprint density at radius 3 is 2.46 bits per heavy atom. The van der Waals surface area contributed by atoms with Gasteiger partial charge in [-0.2, -0.15) is 0 Å². The van der Waals surface area contributed by atoms with Crippen molar-refractivity contribution in [3.63, 3.8) is 0 Å². The molecule has 0 saturated carbocycles. The molecule has 2 aromatic rings. The van der Waals surface area contributed by atoms with E-state index < -0.39 is 11.7 Å². The monoisotopic (exact) mass is 379 g/mol. The van der Waals surface area contributed by atoms with Gasteiger partial charge < -0.3 is 9.64 Å². The molecule has 1 aromatic heterocycles. The van der Waals surface area contributed by atoms with Crippen LogP contribution in [0.3, 0.4) is 0 Å². The average molecular weight is 380 g/mol. The fourth-order valence-corrected chi connectivity index (χ4v) is 3.17. The first-order chi connectivity index (χ1) is 13.4. The number of carbonyl (C=O) groups excluding carboxylic acids is 1. The Hall–Kier alpha value is -2.82. The van der Waals surface area contributed by atoms with E-state index in [1.165, 1.54) is 19.3 Å². The van der Waals surface area contributed by atoms with E-state index in [-0.39, 0.29) is 0 Å². The van der Waals surface area contributed by atoms with Crippen molar-refractivity contribution < 1.29 is 9.53 Å². The van der Waals surface area contributed by atoms with Crippen molar-refractivity contribution in [1.29, 1.82) is 0 Å². The summed E-state index contributed by atoms with van der Waals surface area (Å²) in [7, 11) is 0. The van der Waals surface area contributed by atoms with Crippen LogP contribution in [0.15, 0.2) is 42.5 Å². The summed E-state index contributed by atoms with van der Waals surface area (Å²) in [6, 6.07) is 14.1. The third-order valence-corrected chi connectivity index (χ3v) is 4.43. The van der Waals surface area contributed by atoms with Crippen molar-refractivity contribution >= 4 is 29.8 Å². The van der Waals surface area contributed by atoms with E-state index >= 15 is 0 Å². The molecule has 1 aliphatic heterocycles. The lowest BCUT2D eigenvalue weighted by atomic mass is 10.1. The smallest absolute Gasteiger partial charge is 0.413 e. The van der Waals surface area contributed by atoms with Gasteiger partial charge in [0, 0.05) is 24.8 Å². The highest BCUT2D eigenvalue weighted by atomic mass is 16.6. The number of rotatable bonds is 4. The van der Waals surface area contributed by atoms with Gasteiger partial charge in [-0.05, 0) is 57.7 Å². The van der Waals surface area contributed by atoms with Gasteiger partial charge in [0.1, 0.15) is 11.4 Å². The van der Waals surface area contributed by atoms with Gasteiger partial charge in [-0.25, -0.2) is 9.78 Å². The number of nitrogens with zero attached hydrogens (tertiary/aromatic N) is 2. The van der Waals surface area contributed by atoms with E-state index in [4.69, 9.17) is 4.74 Å². The van der Waals surface area contributed by atoms with Gasteiger partial charge in [0.05, 0.1) is 5.69 Å². The molecule has 1 amide bonds. The summed E-state index contributed by atoms with van der Waals surface area (Å²) in [5.41, 5.74) is 2.44. The lowest BCUT2D eigenvalue weighted by Gasteiger charge is -2.29. The highest BCUT2D eigenvalue weighted by Crippen LogP contribution is 2.25. The molecule has 1 N–H and O–H groups in total.